The number of hydrogen-bond acceptors (Lipinski definition) is 2. The zero-order valence-corrected chi connectivity index (χ0v) is 9.55. The highest BCUT2D eigenvalue weighted by molar-refractivity contribution is 5.33. The molecule has 15 heavy (non-hydrogen) atoms. The van der Waals surface area contributed by atoms with Crippen molar-refractivity contribution in [2.75, 3.05) is 26.8 Å². The van der Waals surface area contributed by atoms with Crippen LogP contribution in [0.4, 0.5) is 0 Å². The zero-order valence-electron chi connectivity index (χ0n) is 9.55. The van der Waals surface area contributed by atoms with Crippen molar-refractivity contribution in [3.8, 4) is 0 Å². The third-order valence-corrected chi connectivity index (χ3v) is 3.34. The number of ether oxygens (including phenoxy) is 1. The quantitative estimate of drug-likeness (QED) is 0.810. The molecule has 0 aliphatic carbocycles. The molecule has 1 heterocycles. The predicted octanol–water partition coefficient (Wildman–Crippen LogP) is 1.87. The summed E-state index contributed by atoms with van der Waals surface area (Å²) < 4.78 is 5.20. The first-order chi connectivity index (χ1) is 7.27. The maximum absolute atomic E-state index is 5.20. The van der Waals surface area contributed by atoms with Crippen LogP contribution in [0.25, 0.3) is 0 Å². The van der Waals surface area contributed by atoms with Crippen LogP contribution in [-0.2, 0) is 10.2 Å². The molecular formula is C13H19NO. The van der Waals surface area contributed by atoms with Crippen LogP contribution in [-0.4, -0.2) is 26.8 Å². The van der Waals surface area contributed by atoms with Crippen molar-refractivity contribution in [3.05, 3.63) is 35.4 Å². The van der Waals surface area contributed by atoms with Gasteiger partial charge in [-0.1, -0.05) is 29.8 Å². The van der Waals surface area contributed by atoms with Crippen LogP contribution in [0.5, 0.6) is 0 Å². The van der Waals surface area contributed by atoms with Gasteiger partial charge in [0.15, 0.2) is 0 Å². The van der Waals surface area contributed by atoms with Crippen LogP contribution in [0.15, 0.2) is 24.3 Å². The number of aryl methyl sites for hydroxylation is 1. The number of benzene rings is 1. The number of rotatable bonds is 4. The van der Waals surface area contributed by atoms with Gasteiger partial charge in [-0.25, -0.2) is 0 Å². The fourth-order valence-electron chi connectivity index (χ4n) is 2.22. The molecule has 0 unspecified atom stereocenters. The molecular weight excluding hydrogens is 186 g/mol. The van der Waals surface area contributed by atoms with Crippen LogP contribution in [0.2, 0.25) is 0 Å². The SMILES string of the molecule is COCCC1(c2cccc(C)c2)CNC1. The lowest BCUT2D eigenvalue weighted by Crippen LogP contribution is -2.57. The van der Waals surface area contributed by atoms with Crippen molar-refractivity contribution in [1.82, 2.24) is 5.32 Å². The topological polar surface area (TPSA) is 21.3 Å². The average molecular weight is 205 g/mol. The molecule has 1 N–H and O–H groups in total. The van der Waals surface area contributed by atoms with E-state index in [1.807, 2.05) is 0 Å². The molecule has 0 aromatic heterocycles. The second-order valence-electron chi connectivity index (χ2n) is 4.50. The summed E-state index contributed by atoms with van der Waals surface area (Å²) in [5.74, 6) is 0. The van der Waals surface area contributed by atoms with E-state index in [2.05, 4.69) is 36.5 Å². The van der Waals surface area contributed by atoms with E-state index < -0.39 is 0 Å². The van der Waals surface area contributed by atoms with E-state index in [4.69, 9.17) is 4.74 Å². The Morgan fingerprint density at radius 3 is 2.73 bits per heavy atom. The molecule has 0 atom stereocenters. The van der Waals surface area contributed by atoms with Crippen LogP contribution < -0.4 is 5.32 Å². The molecule has 2 rings (SSSR count). The van der Waals surface area contributed by atoms with Gasteiger partial charge in [-0.05, 0) is 18.9 Å². The lowest BCUT2D eigenvalue weighted by molar-refractivity contribution is 0.142. The lowest BCUT2D eigenvalue weighted by atomic mass is 9.72. The highest BCUT2D eigenvalue weighted by Gasteiger charge is 2.37. The Kier molecular flexibility index (Phi) is 3.08. The fourth-order valence-corrected chi connectivity index (χ4v) is 2.22. The summed E-state index contributed by atoms with van der Waals surface area (Å²) in [6.07, 6.45) is 1.11. The summed E-state index contributed by atoms with van der Waals surface area (Å²) in [7, 11) is 1.77. The van der Waals surface area contributed by atoms with E-state index >= 15 is 0 Å². The standard InChI is InChI=1S/C13H19NO/c1-11-4-3-5-12(8-11)13(6-7-15-2)9-14-10-13/h3-5,8,14H,6-7,9-10H2,1-2H3. The highest BCUT2D eigenvalue weighted by Crippen LogP contribution is 2.32. The van der Waals surface area contributed by atoms with Crippen LogP contribution in [0.1, 0.15) is 17.5 Å². The molecule has 0 radical (unpaired) electrons. The Morgan fingerprint density at radius 2 is 2.20 bits per heavy atom. The van der Waals surface area contributed by atoms with Crippen LogP contribution in [0.3, 0.4) is 0 Å². The first-order valence-electron chi connectivity index (χ1n) is 5.54. The summed E-state index contributed by atoms with van der Waals surface area (Å²) in [5, 5.41) is 3.37. The minimum Gasteiger partial charge on any atom is -0.385 e. The van der Waals surface area contributed by atoms with Crippen LogP contribution >= 0.6 is 0 Å². The maximum atomic E-state index is 5.20. The number of methoxy groups -OCH3 is 1. The number of hydrogen-bond donors (Lipinski definition) is 1. The first kappa shape index (κ1) is 10.7. The largest absolute Gasteiger partial charge is 0.385 e. The minimum absolute atomic E-state index is 0.321. The predicted molar refractivity (Wildman–Crippen MR) is 62.2 cm³/mol. The zero-order chi connectivity index (χ0) is 10.7. The Hall–Kier alpha value is -0.860. The lowest BCUT2D eigenvalue weighted by Gasteiger charge is -2.43. The summed E-state index contributed by atoms with van der Waals surface area (Å²) in [4.78, 5) is 0. The van der Waals surface area contributed by atoms with E-state index in [0.717, 1.165) is 26.1 Å². The van der Waals surface area contributed by atoms with Crippen molar-refractivity contribution in [2.45, 2.75) is 18.8 Å². The summed E-state index contributed by atoms with van der Waals surface area (Å²) >= 11 is 0. The van der Waals surface area contributed by atoms with Crippen LogP contribution in [0, 0.1) is 6.92 Å². The Balaban J connectivity index is 2.18. The maximum Gasteiger partial charge on any atom is 0.0471 e. The molecule has 82 valence electrons. The molecule has 0 bridgehead atoms. The Bertz CT molecular complexity index is 331. The molecule has 0 amide bonds. The Labute approximate surface area is 91.6 Å². The fraction of sp³-hybridized carbons (Fsp3) is 0.538. The molecule has 1 aromatic rings. The molecule has 1 aliphatic heterocycles. The van der Waals surface area contributed by atoms with Crippen molar-refractivity contribution < 1.29 is 4.74 Å². The van der Waals surface area contributed by atoms with Gasteiger partial charge in [0.1, 0.15) is 0 Å². The molecule has 0 spiro atoms. The van der Waals surface area contributed by atoms with E-state index in [1.54, 1.807) is 7.11 Å². The first-order valence-corrected chi connectivity index (χ1v) is 5.54. The van der Waals surface area contributed by atoms with Gasteiger partial charge >= 0.3 is 0 Å². The monoisotopic (exact) mass is 205 g/mol. The van der Waals surface area contributed by atoms with E-state index in [-0.39, 0.29) is 0 Å². The van der Waals surface area contributed by atoms with Gasteiger partial charge in [0.05, 0.1) is 0 Å². The molecule has 1 fully saturated rings. The van der Waals surface area contributed by atoms with Crippen molar-refractivity contribution in [1.29, 1.82) is 0 Å². The molecule has 1 saturated heterocycles. The minimum atomic E-state index is 0.321. The van der Waals surface area contributed by atoms with Crippen molar-refractivity contribution in [2.24, 2.45) is 0 Å². The molecule has 2 heteroatoms. The van der Waals surface area contributed by atoms with Crippen molar-refractivity contribution in [3.63, 3.8) is 0 Å². The number of nitrogens with one attached hydrogen (secondary N) is 1. The van der Waals surface area contributed by atoms with E-state index in [9.17, 15) is 0 Å². The van der Waals surface area contributed by atoms with Gasteiger partial charge in [0, 0.05) is 32.2 Å². The second-order valence-corrected chi connectivity index (χ2v) is 4.50. The smallest absolute Gasteiger partial charge is 0.0471 e. The van der Waals surface area contributed by atoms with Crippen molar-refractivity contribution >= 4 is 0 Å². The molecule has 1 aliphatic rings. The van der Waals surface area contributed by atoms with Gasteiger partial charge in [-0.2, -0.15) is 0 Å². The van der Waals surface area contributed by atoms with Gasteiger partial charge in [-0.3, -0.25) is 0 Å². The van der Waals surface area contributed by atoms with Gasteiger partial charge in [0.25, 0.3) is 0 Å². The van der Waals surface area contributed by atoms with Gasteiger partial charge in [-0.15, -0.1) is 0 Å². The van der Waals surface area contributed by atoms with Gasteiger partial charge in [0.2, 0.25) is 0 Å². The molecule has 1 aromatic carbocycles. The molecule has 0 saturated carbocycles. The highest BCUT2D eigenvalue weighted by atomic mass is 16.5. The van der Waals surface area contributed by atoms with E-state index in [0.29, 0.717) is 5.41 Å². The van der Waals surface area contributed by atoms with E-state index in [1.165, 1.54) is 11.1 Å². The van der Waals surface area contributed by atoms with Gasteiger partial charge < -0.3 is 10.1 Å². The Morgan fingerprint density at radius 1 is 1.40 bits per heavy atom. The summed E-state index contributed by atoms with van der Waals surface area (Å²) in [6, 6.07) is 8.84. The second kappa shape index (κ2) is 4.33. The third-order valence-electron chi connectivity index (χ3n) is 3.34. The third kappa shape index (κ3) is 2.06. The molecule has 2 nitrogen and oxygen atoms in total. The normalized spacial score (nSPS) is 18.5. The average Bonchev–Trinajstić information content (AvgIpc) is 2.16. The summed E-state index contributed by atoms with van der Waals surface area (Å²) in [6.45, 7) is 5.16. The summed E-state index contributed by atoms with van der Waals surface area (Å²) in [5.41, 5.74) is 3.12.